The standard InChI is InChI=1S/C20H24N4O7S/c21-13(20(30)31)4-6-16(26)24-14(19(29)23-8-17(27)28)10-32-9-11-3-5-15(25)18-12(11)2-1-7-22-18/h1-2,7,9,13-14H,3-6,8,10,21H2,(H,23,29)(H,24,26)(H,27,28)(H,30,31)/b11-9+/t13-,14-/m0/s1. The van der Waals surface area contributed by atoms with Gasteiger partial charge in [0.25, 0.3) is 0 Å². The zero-order chi connectivity index (χ0) is 23.7. The Labute approximate surface area is 187 Å². The molecule has 6 N–H and O–H groups in total. The van der Waals surface area contributed by atoms with Crippen LogP contribution in [0.5, 0.6) is 0 Å². The number of carbonyl (C=O) groups is 5. The molecule has 0 aromatic carbocycles. The van der Waals surface area contributed by atoms with Gasteiger partial charge in [-0.25, -0.2) is 0 Å². The van der Waals surface area contributed by atoms with Crippen LogP contribution in [0.2, 0.25) is 0 Å². The number of nitrogens with one attached hydrogen (secondary N) is 2. The number of nitrogens with two attached hydrogens (primary N) is 1. The first-order chi connectivity index (χ1) is 15.2. The first kappa shape index (κ1) is 25.0. The number of rotatable bonds is 11. The van der Waals surface area contributed by atoms with Crippen molar-refractivity contribution in [2.45, 2.75) is 37.8 Å². The summed E-state index contributed by atoms with van der Waals surface area (Å²) in [6.45, 7) is -0.609. The summed E-state index contributed by atoms with van der Waals surface area (Å²) < 4.78 is 0. The molecule has 0 spiro atoms. The van der Waals surface area contributed by atoms with Gasteiger partial charge >= 0.3 is 11.9 Å². The van der Waals surface area contributed by atoms with Gasteiger partial charge in [-0.05, 0) is 29.9 Å². The lowest BCUT2D eigenvalue weighted by atomic mass is 9.91. The van der Waals surface area contributed by atoms with Crippen LogP contribution in [-0.2, 0) is 19.2 Å². The number of amides is 2. The lowest BCUT2D eigenvalue weighted by molar-refractivity contribution is -0.139. The van der Waals surface area contributed by atoms with Crippen LogP contribution in [0.1, 0.15) is 41.7 Å². The van der Waals surface area contributed by atoms with Gasteiger partial charge in [-0.1, -0.05) is 6.07 Å². The first-order valence-electron chi connectivity index (χ1n) is 9.75. The predicted molar refractivity (Wildman–Crippen MR) is 116 cm³/mol. The average molecular weight is 465 g/mol. The molecule has 1 aliphatic rings. The van der Waals surface area contributed by atoms with E-state index in [0.717, 1.165) is 11.1 Å². The third-order valence-electron chi connectivity index (χ3n) is 4.59. The van der Waals surface area contributed by atoms with E-state index >= 15 is 0 Å². The molecule has 2 amide bonds. The zero-order valence-electron chi connectivity index (χ0n) is 17.1. The molecule has 12 heteroatoms. The number of carboxylic acids is 2. The molecule has 0 saturated heterocycles. The number of Topliss-reactive ketones (excluding diaryl/α,β-unsaturated/α-hetero) is 1. The fourth-order valence-corrected chi connectivity index (χ4v) is 3.87. The quantitative estimate of drug-likeness (QED) is 0.298. The van der Waals surface area contributed by atoms with Crippen molar-refractivity contribution in [3.8, 4) is 0 Å². The molecule has 2 atom stereocenters. The summed E-state index contributed by atoms with van der Waals surface area (Å²) >= 11 is 1.22. The van der Waals surface area contributed by atoms with Crippen molar-refractivity contribution in [1.82, 2.24) is 15.6 Å². The highest BCUT2D eigenvalue weighted by atomic mass is 32.2. The van der Waals surface area contributed by atoms with E-state index in [4.69, 9.17) is 15.9 Å². The Morgan fingerprint density at radius 3 is 2.69 bits per heavy atom. The monoisotopic (exact) mass is 464 g/mol. The number of hydrogen-bond donors (Lipinski definition) is 5. The van der Waals surface area contributed by atoms with Crippen LogP contribution in [0.3, 0.4) is 0 Å². The van der Waals surface area contributed by atoms with E-state index in [0.29, 0.717) is 18.5 Å². The van der Waals surface area contributed by atoms with Gasteiger partial charge in [0.05, 0.1) is 0 Å². The highest BCUT2D eigenvalue weighted by Crippen LogP contribution is 2.31. The van der Waals surface area contributed by atoms with Crippen LogP contribution < -0.4 is 16.4 Å². The van der Waals surface area contributed by atoms with E-state index in [9.17, 15) is 24.0 Å². The molecule has 172 valence electrons. The minimum atomic E-state index is -1.24. The van der Waals surface area contributed by atoms with Gasteiger partial charge < -0.3 is 26.6 Å². The Bertz CT molecular complexity index is 934. The van der Waals surface area contributed by atoms with Gasteiger partial charge in [0.1, 0.15) is 24.3 Å². The maximum Gasteiger partial charge on any atom is 0.322 e. The van der Waals surface area contributed by atoms with Gasteiger partial charge in [-0.3, -0.25) is 29.0 Å². The molecule has 0 bridgehead atoms. The summed E-state index contributed by atoms with van der Waals surface area (Å²) in [6.07, 6.45) is 2.06. The van der Waals surface area contributed by atoms with Crippen molar-refractivity contribution < 1.29 is 34.2 Å². The number of fused-ring (bicyclic) bond motifs is 1. The normalized spacial score (nSPS) is 16.0. The third kappa shape index (κ3) is 7.46. The van der Waals surface area contributed by atoms with E-state index in [1.54, 1.807) is 23.7 Å². The van der Waals surface area contributed by atoms with Gasteiger partial charge in [-0.2, -0.15) is 0 Å². The second kappa shape index (κ2) is 12.0. The molecule has 0 aliphatic heterocycles. The van der Waals surface area contributed by atoms with E-state index in [1.807, 2.05) is 0 Å². The van der Waals surface area contributed by atoms with Crippen LogP contribution in [0.15, 0.2) is 23.7 Å². The highest BCUT2D eigenvalue weighted by molar-refractivity contribution is 8.02. The minimum Gasteiger partial charge on any atom is -0.480 e. The number of allylic oxidation sites excluding steroid dienone is 1. The summed E-state index contributed by atoms with van der Waals surface area (Å²) in [7, 11) is 0. The Morgan fingerprint density at radius 1 is 1.25 bits per heavy atom. The smallest absolute Gasteiger partial charge is 0.322 e. The molecule has 1 aromatic rings. The van der Waals surface area contributed by atoms with E-state index in [2.05, 4.69) is 15.6 Å². The van der Waals surface area contributed by atoms with Crippen LogP contribution in [0.4, 0.5) is 0 Å². The van der Waals surface area contributed by atoms with E-state index in [-0.39, 0.29) is 24.4 Å². The lowest BCUT2D eigenvalue weighted by Gasteiger charge is -2.19. The average Bonchev–Trinajstić information content (AvgIpc) is 2.76. The van der Waals surface area contributed by atoms with Gasteiger partial charge in [-0.15, -0.1) is 11.8 Å². The number of carboxylic acid groups (broad SMARTS) is 2. The largest absolute Gasteiger partial charge is 0.480 e. The number of hydrogen-bond acceptors (Lipinski definition) is 8. The molecule has 0 unspecified atom stereocenters. The van der Waals surface area contributed by atoms with Crippen LogP contribution in [0, 0.1) is 0 Å². The van der Waals surface area contributed by atoms with Gasteiger partial charge in [0, 0.05) is 30.4 Å². The summed E-state index contributed by atoms with van der Waals surface area (Å²) in [4.78, 5) is 62.2. The number of aromatic nitrogens is 1. The molecule has 0 fully saturated rings. The van der Waals surface area contributed by atoms with Crippen molar-refractivity contribution in [1.29, 1.82) is 0 Å². The Morgan fingerprint density at radius 2 is 2.00 bits per heavy atom. The fourth-order valence-electron chi connectivity index (χ4n) is 2.90. The second-order valence-electron chi connectivity index (χ2n) is 7.01. The number of ketones is 1. The molecular formula is C20H24N4O7S. The van der Waals surface area contributed by atoms with Crippen LogP contribution in [-0.4, -0.2) is 69.1 Å². The number of carbonyl (C=O) groups excluding carboxylic acids is 3. The SMILES string of the molecule is N[C@@H](CCC(=O)N[C@@H](CS/C=C1\CCC(=O)c2ncccc21)C(=O)NCC(=O)O)C(=O)O. The molecule has 32 heavy (non-hydrogen) atoms. The summed E-state index contributed by atoms with van der Waals surface area (Å²) in [5.41, 5.74) is 7.37. The summed E-state index contributed by atoms with van der Waals surface area (Å²) in [6, 6.07) is 1.25. The fraction of sp³-hybridized carbons (Fsp3) is 0.400. The molecule has 11 nitrogen and oxygen atoms in total. The van der Waals surface area contributed by atoms with Crippen molar-refractivity contribution >= 4 is 46.9 Å². The highest BCUT2D eigenvalue weighted by Gasteiger charge is 2.24. The third-order valence-corrected chi connectivity index (χ3v) is 5.57. The van der Waals surface area contributed by atoms with Gasteiger partial charge in [0.15, 0.2) is 5.78 Å². The van der Waals surface area contributed by atoms with Crippen LogP contribution >= 0.6 is 11.8 Å². The molecule has 1 aliphatic carbocycles. The number of pyridine rings is 1. The summed E-state index contributed by atoms with van der Waals surface area (Å²) in [5.74, 6) is -3.69. The summed E-state index contributed by atoms with van der Waals surface area (Å²) in [5, 5.41) is 24.1. The molecule has 1 aromatic heterocycles. The Kier molecular flexibility index (Phi) is 9.35. The number of thioether (sulfide) groups is 1. The maximum absolute atomic E-state index is 12.4. The van der Waals surface area contributed by atoms with Crippen molar-refractivity contribution in [3.63, 3.8) is 0 Å². The van der Waals surface area contributed by atoms with Crippen LogP contribution in [0.25, 0.3) is 5.57 Å². The van der Waals surface area contributed by atoms with Gasteiger partial charge in [0.2, 0.25) is 11.8 Å². The lowest BCUT2D eigenvalue weighted by Crippen LogP contribution is -2.49. The Hall–Kier alpha value is -3.25. The van der Waals surface area contributed by atoms with Crippen molar-refractivity contribution in [2.75, 3.05) is 12.3 Å². The molecule has 1 heterocycles. The number of nitrogens with zero attached hydrogens (tertiary/aromatic N) is 1. The molecular weight excluding hydrogens is 440 g/mol. The van der Waals surface area contributed by atoms with E-state index < -0.39 is 42.4 Å². The number of aliphatic carboxylic acids is 2. The Balaban J connectivity index is 2.04. The zero-order valence-corrected chi connectivity index (χ0v) is 17.9. The first-order valence-corrected chi connectivity index (χ1v) is 10.8. The van der Waals surface area contributed by atoms with E-state index in [1.165, 1.54) is 11.8 Å². The molecule has 0 radical (unpaired) electrons. The topological polar surface area (TPSA) is 189 Å². The molecule has 2 rings (SSSR count). The van der Waals surface area contributed by atoms with Crippen molar-refractivity contribution in [2.24, 2.45) is 5.73 Å². The molecule has 0 saturated carbocycles. The second-order valence-corrected chi connectivity index (χ2v) is 7.92. The minimum absolute atomic E-state index is 0.0412. The predicted octanol–water partition coefficient (Wildman–Crippen LogP) is 0.00990. The maximum atomic E-state index is 12.4. The van der Waals surface area contributed by atoms with Crippen molar-refractivity contribution in [3.05, 3.63) is 35.0 Å².